The van der Waals surface area contributed by atoms with Gasteiger partial charge in [-0.1, -0.05) is 12.1 Å². The standard InChI is InChI=1S/C9H13NOS/c10-5-6-11-9-3-1-8(7-12)2-4-9/h1-4,12H,5-7,10H2. The molecule has 0 saturated heterocycles. The minimum Gasteiger partial charge on any atom is -0.492 e. The molecule has 1 aromatic carbocycles. The van der Waals surface area contributed by atoms with Crippen molar-refractivity contribution < 1.29 is 4.74 Å². The van der Waals surface area contributed by atoms with E-state index >= 15 is 0 Å². The summed E-state index contributed by atoms with van der Waals surface area (Å²) in [6.07, 6.45) is 0. The summed E-state index contributed by atoms with van der Waals surface area (Å²) in [6.45, 7) is 1.12. The predicted octanol–water partition coefficient (Wildman–Crippen LogP) is 1.45. The lowest BCUT2D eigenvalue weighted by Gasteiger charge is -2.04. The molecule has 0 fully saturated rings. The molecule has 0 heterocycles. The summed E-state index contributed by atoms with van der Waals surface area (Å²) in [6, 6.07) is 7.86. The molecule has 0 aliphatic rings. The van der Waals surface area contributed by atoms with Crippen LogP contribution in [0.5, 0.6) is 5.75 Å². The van der Waals surface area contributed by atoms with E-state index in [-0.39, 0.29) is 0 Å². The fraction of sp³-hybridized carbons (Fsp3) is 0.333. The summed E-state index contributed by atoms with van der Waals surface area (Å²) < 4.78 is 5.30. The van der Waals surface area contributed by atoms with Crippen LogP contribution in [0.15, 0.2) is 24.3 Å². The summed E-state index contributed by atoms with van der Waals surface area (Å²) in [5.74, 6) is 1.63. The van der Waals surface area contributed by atoms with Crippen LogP contribution in [0.3, 0.4) is 0 Å². The van der Waals surface area contributed by atoms with Crippen molar-refractivity contribution >= 4 is 12.6 Å². The Morgan fingerprint density at radius 3 is 2.42 bits per heavy atom. The van der Waals surface area contributed by atoms with Crippen molar-refractivity contribution in [3.05, 3.63) is 29.8 Å². The van der Waals surface area contributed by atoms with Gasteiger partial charge in [0.15, 0.2) is 0 Å². The van der Waals surface area contributed by atoms with E-state index in [1.807, 2.05) is 24.3 Å². The molecule has 0 aromatic heterocycles. The van der Waals surface area contributed by atoms with Crippen molar-refractivity contribution in [2.45, 2.75) is 5.75 Å². The highest BCUT2D eigenvalue weighted by Crippen LogP contribution is 2.12. The van der Waals surface area contributed by atoms with Gasteiger partial charge in [0.1, 0.15) is 12.4 Å². The number of benzene rings is 1. The van der Waals surface area contributed by atoms with Crippen LogP contribution in [0.2, 0.25) is 0 Å². The van der Waals surface area contributed by atoms with Gasteiger partial charge in [-0.3, -0.25) is 0 Å². The fourth-order valence-corrected chi connectivity index (χ4v) is 1.08. The lowest BCUT2D eigenvalue weighted by Crippen LogP contribution is -2.10. The van der Waals surface area contributed by atoms with Gasteiger partial charge in [-0.2, -0.15) is 12.6 Å². The van der Waals surface area contributed by atoms with Crippen LogP contribution >= 0.6 is 12.6 Å². The first-order valence-electron chi connectivity index (χ1n) is 3.89. The van der Waals surface area contributed by atoms with Crippen molar-refractivity contribution in [3.63, 3.8) is 0 Å². The van der Waals surface area contributed by atoms with Crippen LogP contribution in [-0.2, 0) is 5.75 Å². The van der Waals surface area contributed by atoms with E-state index in [4.69, 9.17) is 10.5 Å². The van der Waals surface area contributed by atoms with Crippen molar-refractivity contribution in [2.24, 2.45) is 5.73 Å². The molecule has 0 spiro atoms. The molecule has 0 radical (unpaired) electrons. The molecule has 66 valence electrons. The first-order chi connectivity index (χ1) is 5.86. The largest absolute Gasteiger partial charge is 0.492 e. The molecule has 2 nitrogen and oxygen atoms in total. The van der Waals surface area contributed by atoms with Gasteiger partial charge in [0, 0.05) is 12.3 Å². The Morgan fingerprint density at radius 1 is 1.25 bits per heavy atom. The van der Waals surface area contributed by atoms with E-state index in [0.717, 1.165) is 11.5 Å². The number of nitrogens with two attached hydrogens (primary N) is 1. The Kier molecular flexibility index (Phi) is 3.97. The summed E-state index contributed by atoms with van der Waals surface area (Å²) >= 11 is 4.15. The van der Waals surface area contributed by atoms with Crippen LogP contribution in [0, 0.1) is 0 Å². The fourth-order valence-electron chi connectivity index (χ4n) is 0.868. The highest BCUT2D eigenvalue weighted by Gasteiger charge is 1.92. The number of thiol groups is 1. The molecule has 0 atom stereocenters. The maximum Gasteiger partial charge on any atom is 0.119 e. The maximum atomic E-state index is 5.30. The molecule has 12 heavy (non-hydrogen) atoms. The number of rotatable bonds is 4. The molecular weight excluding hydrogens is 170 g/mol. The van der Waals surface area contributed by atoms with Gasteiger partial charge >= 0.3 is 0 Å². The van der Waals surface area contributed by atoms with E-state index in [0.29, 0.717) is 13.2 Å². The van der Waals surface area contributed by atoms with Gasteiger partial charge in [0.05, 0.1) is 0 Å². The van der Waals surface area contributed by atoms with Gasteiger partial charge in [-0.15, -0.1) is 0 Å². The van der Waals surface area contributed by atoms with Gasteiger partial charge in [-0.25, -0.2) is 0 Å². The molecule has 0 amide bonds. The first-order valence-corrected chi connectivity index (χ1v) is 4.52. The van der Waals surface area contributed by atoms with Crippen LogP contribution in [0.25, 0.3) is 0 Å². The van der Waals surface area contributed by atoms with Crippen LogP contribution in [0.4, 0.5) is 0 Å². The average Bonchev–Trinajstić information content (AvgIpc) is 2.15. The van der Waals surface area contributed by atoms with Crippen molar-refractivity contribution in [2.75, 3.05) is 13.2 Å². The zero-order valence-corrected chi connectivity index (χ0v) is 7.76. The highest BCUT2D eigenvalue weighted by molar-refractivity contribution is 7.79. The van der Waals surface area contributed by atoms with Gasteiger partial charge in [0.2, 0.25) is 0 Å². The zero-order valence-electron chi connectivity index (χ0n) is 6.86. The lowest BCUT2D eigenvalue weighted by molar-refractivity contribution is 0.328. The summed E-state index contributed by atoms with van der Waals surface area (Å²) in [5, 5.41) is 0. The molecule has 1 aromatic rings. The minimum atomic E-state index is 0.550. The third kappa shape index (κ3) is 2.75. The summed E-state index contributed by atoms with van der Waals surface area (Å²) in [7, 11) is 0. The Bertz CT molecular complexity index is 222. The molecule has 0 saturated carbocycles. The van der Waals surface area contributed by atoms with Crippen molar-refractivity contribution in [1.82, 2.24) is 0 Å². The molecule has 0 bridgehead atoms. The third-order valence-electron chi connectivity index (χ3n) is 1.49. The van der Waals surface area contributed by atoms with Crippen molar-refractivity contribution in [1.29, 1.82) is 0 Å². The molecule has 0 unspecified atom stereocenters. The Hall–Kier alpha value is -0.670. The normalized spacial score (nSPS) is 9.83. The second-order valence-corrected chi connectivity index (χ2v) is 2.76. The van der Waals surface area contributed by atoms with Crippen LogP contribution in [-0.4, -0.2) is 13.2 Å². The maximum absolute atomic E-state index is 5.30. The Morgan fingerprint density at radius 2 is 1.92 bits per heavy atom. The number of hydrogen-bond donors (Lipinski definition) is 2. The SMILES string of the molecule is NCCOc1ccc(CS)cc1. The summed E-state index contributed by atoms with van der Waals surface area (Å²) in [5.41, 5.74) is 6.49. The van der Waals surface area contributed by atoms with E-state index < -0.39 is 0 Å². The molecule has 3 heteroatoms. The monoisotopic (exact) mass is 183 g/mol. The van der Waals surface area contributed by atoms with Gasteiger partial charge in [0.25, 0.3) is 0 Å². The molecule has 1 rings (SSSR count). The number of ether oxygens (including phenoxy) is 1. The summed E-state index contributed by atoms with van der Waals surface area (Å²) in [4.78, 5) is 0. The van der Waals surface area contributed by atoms with Gasteiger partial charge in [-0.05, 0) is 17.7 Å². The second kappa shape index (κ2) is 5.06. The Balaban J connectivity index is 2.53. The van der Waals surface area contributed by atoms with Crippen LogP contribution in [0.1, 0.15) is 5.56 Å². The van der Waals surface area contributed by atoms with Gasteiger partial charge < -0.3 is 10.5 Å². The number of hydrogen-bond acceptors (Lipinski definition) is 3. The third-order valence-corrected chi connectivity index (χ3v) is 1.86. The smallest absolute Gasteiger partial charge is 0.119 e. The molecule has 0 aliphatic carbocycles. The molecule has 2 N–H and O–H groups in total. The predicted molar refractivity (Wildman–Crippen MR) is 53.7 cm³/mol. The topological polar surface area (TPSA) is 35.2 Å². The van der Waals surface area contributed by atoms with E-state index in [2.05, 4.69) is 12.6 Å². The van der Waals surface area contributed by atoms with E-state index in [9.17, 15) is 0 Å². The molecule has 0 aliphatic heterocycles. The average molecular weight is 183 g/mol. The molecular formula is C9H13NOS. The van der Waals surface area contributed by atoms with Crippen molar-refractivity contribution in [3.8, 4) is 5.75 Å². The second-order valence-electron chi connectivity index (χ2n) is 2.44. The Labute approximate surface area is 78.1 Å². The minimum absolute atomic E-state index is 0.550. The highest BCUT2D eigenvalue weighted by atomic mass is 32.1. The van der Waals surface area contributed by atoms with Crippen LogP contribution < -0.4 is 10.5 Å². The lowest BCUT2D eigenvalue weighted by atomic mass is 10.2. The quantitative estimate of drug-likeness (QED) is 0.693. The van der Waals surface area contributed by atoms with E-state index in [1.54, 1.807) is 0 Å². The van der Waals surface area contributed by atoms with E-state index in [1.165, 1.54) is 5.56 Å². The first kappa shape index (κ1) is 9.42. The zero-order chi connectivity index (χ0) is 8.81.